The molecule has 0 spiro atoms. The summed E-state index contributed by atoms with van der Waals surface area (Å²) >= 11 is 0. The smallest absolute Gasteiger partial charge is 0.257 e. The van der Waals surface area contributed by atoms with Crippen molar-refractivity contribution in [3.8, 4) is 0 Å². The second kappa shape index (κ2) is 5.32. The lowest BCUT2D eigenvalue weighted by Crippen LogP contribution is -2.29. The zero-order valence-electron chi connectivity index (χ0n) is 9.53. The number of nitrogens with one attached hydrogen (secondary N) is 1. The minimum absolute atomic E-state index is 0.0601. The lowest BCUT2D eigenvalue weighted by molar-refractivity contribution is 0.933. The summed E-state index contributed by atoms with van der Waals surface area (Å²) in [5.74, 6) is 6.18. The Bertz CT molecular complexity index is 437. The van der Waals surface area contributed by atoms with Gasteiger partial charge in [-0.1, -0.05) is 19.4 Å². The molecule has 5 N–H and O–H groups in total. The summed E-state index contributed by atoms with van der Waals surface area (Å²) in [4.78, 5) is 17.8. The van der Waals surface area contributed by atoms with Gasteiger partial charge in [0.1, 0.15) is 0 Å². The summed E-state index contributed by atoms with van der Waals surface area (Å²) in [5.41, 5.74) is 5.61. The zero-order chi connectivity index (χ0) is 12.1. The van der Waals surface area contributed by atoms with Crippen LogP contribution in [0.25, 0.3) is 0 Å². The van der Waals surface area contributed by atoms with Crippen molar-refractivity contribution in [2.45, 2.75) is 26.7 Å². The van der Waals surface area contributed by atoms with E-state index in [-0.39, 0.29) is 11.5 Å². The highest BCUT2D eigenvalue weighted by Gasteiger charge is 2.08. The Morgan fingerprint density at radius 2 is 2.25 bits per heavy atom. The number of anilines is 2. The topological polar surface area (TPSA) is 101 Å². The second-order valence-corrected chi connectivity index (χ2v) is 3.48. The van der Waals surface area contributed by atoms with Gasteiger partial charge < -0.3 is 5.73 Å². The van der Waals surface area contributed by atoms with Crippen molar-refractivity contribution in [2.24, 2.45) is 5.84 Å². The molecule has 1 aromatic rings. The van der Waals surface area contributed by atoms with Crippen LogP contribution in [0.4, 0.5) is 11.8 Å². The molecule has 1 rings (SSSR count). The second-order valence-electron chi connectivity index (χ2n) is 3.48. The monoisotopic (exact) mass is 223 g/mol. The molecule has 0 unspecified atom stereocenters. The highest BCUT2D eigenvalue weighted by atomic mass is 16.1. The molecule has 16 heavy (non-hydrogen) atoms. The molecule has 1 aromatic heterocycles. The van der Waals surface area contributed by atoms with Crippen LogP contribution in [0.3, 0.4) is 0 Å². The highest BCUT2D eigenvalue weighted by molar-refractivity contribution is 5.48. The first kappa shape index (κ1) is 12.3. The molecule has 0 aromatic carbocycles. The normalized spacial score (nSPS) is 10.9. The number of nitrogen functional groups attached to an aromatic ring is 1. The molecular formula is C10H17N5O. The van der Waals surface area contributed by atoms with E-state index in [1.165, 1.54) is 5.01 Å². The minimum atomic E-state index is -0.276. The van der Waals surface area contributed by atoms with E-state index in [1.807, 2.05) is 6.08 Å². The third-order valence-corrected chi connectivity index (χ3v) is 2.11. The molecule has 0 fully saturated rings. The fourth-order valence-electron chi connectivity index (χ4n) is 1.21. The van der Waals surface area contributed by atoms with Gasteiger partial charge in [0, 0.05) is 6.20 Å². The van der Waals surface area contributed by atoms with E-state index in [1.54, 1.807) is 13.1 Å². The fourth-order valence-corrected chi connectivity index (χ4v) is 1.21. The summed E-state index contributed by atoms with van der Waals surface area (Å²) in [7, 11) is 0. The number of hydrogen-bond donors (Lipinski definition) is 3. The van der Waals surface area contributed by atoms with E-state index in [2.05, 4.69) is 16.9 Å². The van der Waals surface area contributed by atoms with Gasteiger partial charge >= 0.3 is 0 Å². The van der Waals surface area contributed by atoms with Crippen LogP contribution in [-0.4, -0.2) is 9.97 Å². The number of nitrogens with two attached hydrogens (primary N) is 2. The number of H-pyrrole nitrogens is 1. The summed E-state index contributed by atoms with van der Waals surface area (Å²) in [6.45, 7) is 3.72. The summed E-state index contributed by atoms with van der Waals surface area (Å²) in [5, 5.41) is 1.30. The molecule has 0 amide bonds. The number of hydrazine groups is 1. The molecule has 0 aliphatic carbocycles. The van der Waals surface area contributed by atoms with Crippen molar-refractivity contribution < 1.29 is 0 Å². The predicted molar refractivity (Wildman–Crippen MR) is 64.7 cm³/mol. The summed E-state index contributed by atoms with van der Waals surface area (Å²) in [6.07, 6.45) is 5.55. The van der Waals surface area contributed by atoms with E-state index in [4.69, 9.17) is 11.6 Å². The Balaban J connectivity index is 2.99. The first-order valence-electron chi connectivity index (χ1n) is 5.13. The molecule has 88 valence electrons. The van der Waals surface area contributed by atoms with Gasteiger partial charge in [-0.25, -0.2) is 5.84 Å². The summed E-state index contributed by atoms with van der Waals surface area (Å²) < 4.78 is 0. The number of hydrogen-bond acceptors (Lipinski definition) is 5. The van der Waals surface area contributed by atoms with Crippen LogP contribution in [0.15, 0.2) is 17.1 Å². The Morgan fingerprint density at radius 1 is 1.56 bits per heavy atom. The van der Waals surface area contributed by atoms with Crippen molar-refractivity contribution in [3.05, 3.63) is 28.2 Å². The summed E-state index contributed by atoms with van der Waals surface area (Å²) in [6, 6.07) is 0. The third-order valence-electron chi connectivity index (χ3n) is 2.11. The molecule has 0 saturated heterocycles. The predicted octanol–water partition coefficient (Wildman–Crippen LogP) is 0.654. The molecule has 0 atom stereocenters. The maximum atomic E-state index is 11.4. The largest absolute Gasteiger partial charge is 0.369 e. The number of aromatic nitrogens is 2. The SMILES string of the molecule is CCC/C=C/N(N)c1nc(N)[nH]c(=O)c1C. The van der Waals surface area contributed by atoms with Crippen LogP contribution in [-0.2, 0) is 0 Å². The van der Waals surface area contributed by atoms with Gasteiger partial charge in [0.2, 0.25) is 5.95 Å². The Kier molecular flexibility index (Phi) is 4.07. The zero-order valence-corrected chi connectivity index (χ0v) is 9.53. The Labute approximate surface area is 93.9 Å². The van der Waals surface area contributed by atoms with Crippen LogP contribution in [0, 0.1) is 6.92 Å². The van der Waals surface area contributed by atoms with Gasteiger partial charge in [0.25, 0.3) is 5.56 Å². The van der Waals surface area contributed by atoms with Gasteiger partial charge in [-0.2, -0.15) is 4.98 Å². The van der Waals surface area contributed by atoms with Crippen LogP contribution >= 0.6 is 0 Å². The van der Waals surface area contributed by atoms with Crippen molar-refractivity contribution in [2.75, 3.05) is 10.7 Å². The van der Waals surface area contributed by atoms with Gasteiger partial charge in [-0.15, -0.1) is 0 Å². The standard InChI is InChI=1S/C10H17N5O/c1-3-4-5-6-15(12)8-7(2)9(16)14-10(11)13-8/h5-6H,3-4,12H2,1-2H3,(H3,11,13,14,16)/b6-5+. The molecule has 1 heterocycles. The van der Waals surface area contributed by atoms with Crippen LogP contribution < -0.4 is 22.1 Å². The minimum Gasteiger partial charge on any atom is -0.369 e. The maximum Gasteiger partial charge on any atom is 0.257 e. The molecule has 6 heteroatoms. The van der Waals surface area contributed by atoms with Crippen molar-refractivity contribution in [1.82, 2.24) is 9.97 Å². The van der Waals surface area contributed by atoms with E-state index in [9.17, 15) is 4.79 Å². The van der Waals surface area contributed by atoms with E-state index < -0.39 is 0 Å². The highest BCUT2D eigenvalue weighted by Crippen LogP contribution is 2.11. The number of aromatic amines is 1. The molecule has 0 bridgehead atoms. The Hall–Kier alpha value is -1.82. The number of unbranched alkanes of at least 4 members (excludes halogenated alkanes) is 1. The maximum absolute atomic E-state index is 11.4. The lowest BCUT2D eigenvalue weighted by Gasteiger charge is -2.14. The average Bonchev–Trinajstić information content (AvgIpc) is 2.23. The van der Waals surface area contributed by atoms with E-state index in [0.29, 0.717) is 11.4 Å². The lowest BCUT2D eigenvalue weighted by atomic mass is 10.3. The Morgan fingerprint density at radius 3 is 2.88 bits per heavy atom. The van der Waals surface area contributed by atoms with Crippen LogP contribution in [0.5, 0.6) is 0 Å². The average molecular weight is 223 g/mol. The fraction of sp³-hybridized carbons (Fsp3) is 0.400. The van der Waals surface area contributed by atoms with Crippen molar-refractivity contribution >= 4 is 11.8 Å². The van der Waals surface area contributed by atoms with Crippen molar-refractivity contribution in [1.29, 1.82) is 0 Å². The first-order chi connectivity index (χ1) is 7.56. The van der Waals surface area contributed by atoms with Gasteiger partial charge in [-0.3, -0.25) is 14.8 Å². The van der Waals surface area contributed by atoms with Crippen LogP contribution in [0.2, 0.25) is 0 Å². The van der Waals surface area contributed by atoms with E-state index in [0.717, 1.165) is 12.8 Å². The third kappa shape index (κ3) is 2.83. The van der Waals surface area contributed by atoms with Gasteiger partial charge in [0.05, 0.1) is 5.56 Å². The molecule has 0 radical (unpaired) electrons. The number of nitrogens with zero attached hydrogens (tertiary/aromatic N) is 2. The molecular weight excluding hydrogens is 206 g/mol. The molecule has 0 saturated carbocycles. The van der Waals surface area contributed by atoms with Crippen LogP contribution in [0.1, 0.15) is 25.3 Å². The quantitative estimate of drug-likeness (QED) is 0.514. The van der Waals surface area contributed by atoms with Gasteiger partial charge in [-0.05, 0) is 13.3 Å². The van der Waals surface area contributed by atoms with Gasteiger partial charge in [0.15, 0.2) is 5.82 Å². The molecule has 6 nitrogen and oxygen atoms in total. The molecule has 0 aliphatic heterocycles. The van der Waals surface area contributed by atoms with Crippen molar-refractivity contribution in [3.63, 3.8) is 0 Å². The first-order valence-corrected chi connectivity index (χ1v) is 5.13. The number of rotatable bonds is 4. The molecule has 0 aliphatic rings. The van der Waals surface area contributed by atoms with E-state index >= 15 is 0 Å². The number of allylic oxidation sites excluding steroid dienone is 1.